The van der Waals surface area contributed by atoms with Gasteiger partial charge in [-0.25, -0.2) is 0 Å². The number of rotatable bonds is 3. The molecule has 2 aromatic heterocycles. The first kappa shape index (κ1) is 11.9. The second-order valence-electron chi connectivity index (χ2n) is 4.76. The van der Waals surface area contributed by atoms with Crippen LogP contribution in [0.2, 0.25) is 0 Å². The van der Waals surface area contributed by atoms with Crippen LogP contribution in [0, 0.1) is 6.92 Å². The highest BCUT2D eigenvalue weighted by Crippen LogP contribution is 2.25. The molecule has 2 heterocycles. The van der Waals surface area contributed by atoms with Crippen LogP contribution in [-0.2, 0) is 6.42 Å². The SMILES string of the molecule is Cc1cc(C(N)Cc2ccco2)c2ccccc2n1. The van der Waals surface area contributed by atoms with Crippen LogP contribution in [0.3, 0.4) is 0 Å². The van der Waals surface area contributed by atoms with Crippen molar-refractivity contribution in [2.75, 3.05) is 0 Å². The van der Waals surface area contributed by atoms with E-state index in [0.717, 1.165) is 27.9 Å². The van der Waals surface area contributed by atoms with Crippen molar-refractivity contribution in [1.82, 2.24) is 4.98 Å². The summed E-state index contributed by atoms with van der Waals surface area (Å²) in [4.78, 5) is 4.54. The predicted molar refractivity (Wildman–Crippen MR) is 75.8 cm³/mol. The average molecular weight is 252 g/mol. The number of nitrogens with zero attached hydrogens (tertiary/aromatic N) is 1. The summed E-state index contributed by atoms with van der Waals surface area (Å²) in [5, 5.41) is 1.12. The molecule has 0 aliphatic rings. The maximum absolute atomic E-state index is 6.33. The number of hydrogen-bond acceptors (Lipinski definition) is 3. The zero-order valence-electron chi connectivity index (χ0n) is 10.8. The Labute approximate surface area is 112 Å². The topological polar surface area (TPSA) is 52.0 Å². The highest BCUT2D eigenvalue weighted by atomic mass is 16.3. The standard InChI is InChI=1S/C16H16N2O/c1-11-9-14(13-6-2-3-7-16(13)18-11)15(17)10-12-5-4-8-19-12/h2-9,15H,10,17H2,1H3. The highest BCUT2D eigenvalue weighted by molar-refractivity contribution is 5.82. The van der Waals surface area contributed by atoms with Gasteiger partial charge in [0.15, 0.2) is 0 Å². The molecule has 2 N–H and O–H groups in total. The van der Waals surface area contributed by atoms with Gasteiger partial charge < -0.3 is 10.2 Å². The van der Waals surface area contributed by atoms with Gasteiger partial charge in [0.1, 0.15) is 5.76 Å². The lowest BCUT2D eigenvalue weighted by molar-refractivity contribution is 0.489. The maximum atomic E-state index is 6.33. The summed E-state index contributed by atoms with van der Waals surface area (Å²) in [6.45, 7) is 2.00. The van der Waals surface area contributed by atoms with Crippen molar-refractivity contribution in [2.45, 2.75) is 19.4 Å². The van der Waals surface area contributed by atoms with E-state index in [4.69, 9.17) is 10.2 Å². The van der Waals surface area contributed by atoms with Crippen molar-refractivity contribution >= 4 is 10.9 Å². The Bertz CT molecular complexity index is 689. The molecule has 0 saturated heterocycles. The number of fused-ring (bicyclic) bond motifs is 1. The number of aryl methyl sites for hydroxylation is 1. The fraction of sp³-hybridized carbons (Fsp3) is 0.188. The summed E-state index contributed by atoms with van der Waals surface area (Å²) < 4.78 is 5.37. The first-order chi connectivity index (χ1) is 9.24. The van der Waals surface area contributed by atoms with E-state index in [-0.39, 0.29) is 6.04 Å². The molecule has 0 aliphatic carbocycles. The van der Waals surface area contributed by atoms with Crippen molar-refractivity contribution in [1.29, 1.82) is 0 Å². The smallest absolute Gasteiger partial charge is 0.105 e. The quantitative estimate of drug-likeness (QED) is 0.777. The molecule has 96 valence electrons. The van der Waals surface area contributed by atoms with Crippen molar-refractivity contribution in [3.05, 3.63) is 65.7 Å². The summed E-state index contributed by atoms with van der Waals surface area (Å²) in [5.41, 5.74) is 9.44. The van der Waals surface area contributed by atoms with Crippen molar-refractivity contribution < 1.29 is 4.42 Å². The van der Waals surface area contributed by atoms with Crippen LogP contribution in [0.5, 0.6) is 0 Å². The molecule has 0 saturated carbocycles. The Morgan fingerprint density at radius 1 is 1.21 bits per heavy atom. The van der Waals surface area contributed by atoms with E-state index < -0.39 is 0 Å². The molecule has 0 radical (unpaired) electrons. The largest absolute Gasteiger partial charge is 0.469 e. The zero-order valence-corrected chi connectivity index (χ0v) is 10.8. The van der Waals surface area contributed by atoms with Crippen LogP contribution in [-0.4, -0.2) is 4.98 Å². The van der Waals surface area contributed by atoms with Crippen LogP contribution >= 0.6 is 0 Å². The van der Waals surface area contributed by atoms with E-state index in [1.54, 1.807) is 6.26 Å². The van der Waals surface area contributed by atoms with Gasteiger partial charge in [-0.15, -0.1) is 0 Å². The highest BCUT2D eigenvalue weighted by Gasteiger charge is 2.13. The molecule has 0 fully saturated rings. The van der Waals surface area contributed by atoms with Crippen LogP contribution in [0.4, 0.5) is 0 Å². The summed E-state index contributed by atoms with van der Waals surface area (Å²) in [5.74, 6) is 0.908. The van der Waals surface area contributed by atoms with E-state index in [1.165, 1.54) is 0 Å². The van der Waals surface area contributed by atoms with Gasteiger partial charge in [-0.1, -0.05) is 18.2 Å². The number of hydrogen-bond donors (Lipinski definition) is 1. The van der Waals surface area contributed by atoms with Crippen LogP contribution in [0.1, 0.15) is 23.1 Å². The van der Waals surface area contributed by atoms with Gasteiger partial charge in [-0.2, -0.15) is 0 Å². The molecular formula is C16H16N2O. The molecule has 1 aromatic carbocycles. The monoisotopic (exact) mass is 252 g/mol. The molecule has 3 aromatic rings. The maximum Gasteiger partial charge on any atom is 0.105 e. The van der Waals surface area contributed by atoms with Crippen molar-refractivity contribution in [3.63, 3.8) is 0 Å². The third-order valence-electron chi connectivity index (χ3n) is 3.28. The summed E-state index contributed by atoms with van der Waals surface area (Å²) in [6, 6.07) is 13.9. The van der Waals surface area contributed by atoms with Gasteiger partial charge in [0.25, 0.3) is 0 Å². The summed E-state index contributed by atoms with van der Waals surface area (Å²) >= 11 is 0. The van der Waals surface area contributed by atoms with E-state index in [2.05, 4.69) is 17.1 Å². The molecule has 0 amide bonds. The number of benzene rings is 1. The molecule has 3 rings (SSSR count). The molecule has 1 atom stereocenters. The van der Waals surface area contributed by atoms with Gasteiger partial charge in [0.2, 0.25) is 0 Å². The molecule has 3 heteroatoms. The lowest BCUT2D eigenvalue weighted by atomic mass is 9.98. The lowest BCUT2D eigenvalue weighted by Crippen LogP contribution is -2.14. The van der Waals surface area contributed by atoms with Gasteiger partial charge in [-0.05, 0) is 36.8 Å². The molecule has 1 unspecified atom stereocenters. The van der Waals surface area contributed by atoms with Crippen LogP contribution in [0.15, 0.2) is 53.1 Å². The van der Waals surface area contributed by atoms with Gasteiger partial charge in [-0.3, -0.25) is 4.98 Å². The van der Waals surface area contributed by atoms with E-state index in [9.17, 15) is 0 Å². The van der Waals surface area contributed by atoms with Crippen LogP contribution in [0.25, 0.3) is 10.9 Å². The fourth-order valence-electron chi connectivity index (χ4n) is 2.40. The third-order valence-corrected chi connectivity index (χ3v) is 3.28. The second-order valence-corrected chi connectivity index (χ2v) is 4.76. The van der Waals surface area contributed by atoms with Crippen molar-refractivity contribution in [3.8, 4) is 0 Å². The Balaban J connectivity index is 2.03. The first-order valence-corrected chi connectivity index (χ1v) is 6.38. The van der Waals surface area contributed by atoms with E-state index in [1.807, 2.05) is 37.3 Å². The third kappa shape index (κ3) is 2.37. The molecule has 3 nitrogen and oxygen atoms in total. The molecule has 0 spiro atoms. The first-order valence-electron chi connectivity index (χ1n) is 6.38. The molecular weight excluding hydrogens is 236 g/mol. The average Bonchev–Trinajstić information content (AvgIpc) is 2.90. The van der Waals surface area contributed by atoms with Crippen molar-refractivity contribution in [2.24, 2.45) is 5.73 Å². The van der Waals surface area contributed by atoms with Gasteiger partial charge in [0, 0.05) is 23.5 Å². The normalized spacial score (nSPS) is 12.7. The van der Waals surface area contributed by atoms with Gasteiger partial charge in [0.05, 0.1) is 11.8 Å². The predicted octanol–water partition coefficient (Wildman–Crippen LogP) is 3.38. The van der Waals surface area contributed by atoms with E-state index >= 15 is 0 Å². The molecule has 0 bridgehead atoms. The number of furan rings is 1. The minimum Gasteiger partial charge on any atom is -0.469 e. The minimum atomic E-state index is -0.0854. The Hall–Kier alpha value is -2.13. The number of aromatic nitrogens is 1. The lowest BCUT2D eigenvalue weighted by Gasteiger charge is -2.14. The summed E-state index contributed by atoms with van der Waals surface area (Å²) in [7, 11) is 0. The number of para-hydroxylation sites is 1. The molecule has 0 aliphatic heterocycles. The number of pyridine rings is 1. The Kier molecular flexibility index (Phi) is 3.05. The van der Waals surface area contributed by atoms with E-state index in [0.29, 0.717) is 6.42 Å². The number of nitrogens with two attached hydrogens (primary N) is 1. The Morgan fingerprint density at radius 2 is 2.05 bits per heavy atom. The zero-order chi connectivity index (χ0) is 13.2. The summed E-state index contributed by atoms with van der Waals surface area (Å²) in [6.07, 6.45) is 2.37. The second kappa shape index (κ2) is 4.86. The molecule has 19 heavy (non-hydrogen) atoms. The van der Waals surface area contributed by atoms with Gasteiger partial charge >= 0.3 is 0 Å². The van der Waals surface area contributed by atoms with Crippen LogP contribution < -0.4 is 5.73 Å². The fourth-order valence-corrected chi connectivity index (χ4v) is 2.40. The Morgan fingerprint density at radius 3 is 2.84 bits per heavy atom. The minimum absolute atomic E-state index is 0.0854.